The molecule has 2 aromatic heterocycles. The number of aryl methyl sites for hydroxylation is 2. The molecule has 0 unspecified atom stereocenters. The SMILES string of the molecule is CCc1ccsc1Cn1c(CC)nc2cc(N)ccc21. The third-order valence-corrected chi connectivity index (χ3v) is 4.64. The highest BCUT2D eigenvalue weighted by Crippen LogP contribution is 2.24. The van der Waals surface area contributed by atoms with Gasteiger partial charge in [0.25, 0.3) is 0 Å². The lowest BCUT2D eigenvalue weighted by molar-refractivity contribution is 0.756. The second-order valence-electron chi connectivity index (χ2n) is 4.94. The van der Waals surface area contributed by atoms with Gasteiger partial charge in [-0.1, -0.05) is 13.8 Å². The zero-order chi connectivity index (χ0) is 14.1. The topological polar surface area (TPSA) is 43.8 Å². The summed E-state index contributed by atoms with van der Waals surface area (Å²) in [5.74, 6) is 1.13. The van der Waals surface area contributed by atoms with E-state index in [-0.39, 0.29) is 0 Å². The Labute approximate surface area is 123 Å². The van der Waals surface area contributed by atoms with Gasteiger partial charge in [0.1, 0.15) is 5.82 Å². The Balaban J connectivity index is 2.10. The van der Waals surface area contributed by atoms with Gasteiger partial charge in [0, 0.05) is 17.0 Å². The van der Waals surface area contributed by atoms with Crippen molar-refractivity contribution in [3.63, 3.8) is 0 Å². The lowest BCUT2D eigenvalue weighted by Crippen LogP contribution is -2.04. The third kappa shape index (κ3) is 2.20. The van der Waals surface area contributed by atoms with Gasteiger partial charge < -0.3 is 10.3 Å². The highest BCUT2D eigenvalue weighted by atomic mass is 32.1. The minimum absolute atomic E-state index is 0.773. The molecular weight excluding hydrogens is 266 g/mol. The minimum Gasteiger partial charge on any atom is -0.399 e. The molecule has 20 heavy (non-hydrogen) atoms. The van der Waals surface area contributed by atoms with Crippen molar-refractivity contribution in [2.75, 3.05) is 5.73 Å². The van der Waals surface area contributed by atoms with Crippen LogP contribution < -0.4 is 5.73 Å². The Morgan fingerprint density at radius 2 is 2.05 bits per heavy atom. The summed E-state index contributed by atoms with van der Waals surface area (Å²) < 4.78 is 2.32. The fourth-order valence-electron chi connectivity index (χ4n) is 2.61. The molecule has 0 radical (unpaired) electrons. The second-order valence-corrected chi connectivity index (χ2v) is 5.94. The maximum Gasteiger partial charge on any atom is 0.109 e. The molecule has 0 aliphatic rings. The van der Waals surface area contributed by atoms with Gasteiger partial charge in [-0.15, -0.1) is 11.3 Å². The largest absolute Gasteiger partial charge is 0.399 e. The van der Waals surface area contributed by atoms with Gasteiger partial charge >= 0.3 is 0 Å². The molecule has 0 bridgehead atoms. The van der Waals surface area contributed by atoms with Crippen molar-refractivity contribution in [3.8, 4) is 0 Å². The summed E-state index contributed by atoms with van der Waals surface area (Å²) in [6, 6.07) is 8.22. The highest BCUT2D eigenvalue weighted by Gasteiger charge is 2.12. The normalized spacial score (nSPS) is 11.3. The monoisotopic (exact) mass is 285 g/mol. The highest BCUT2D eigenvalue weighted by molar-refractivity contribution is 7.10. The van der Waals surface area contributed by atoms with Crippen LogP contribution >= 0.6 is 11.3 Å². The van der Waals surface area contributed by atoms with Gasteiger partial charge in [0.05, 0.1) is 17.6 Å². The van der Waals surface area contributed by atoms with Gasteiger partial charge in [0.2, 0.25) is 0 Å². The fourth-order valence-corrected chi connectivity index (χ4v) is 3.57. The number of fused-ring (bicyclic) bond motifs is 1. The summed E-state index contributed by atoms with van der Waals surface area (Å²) in [4.78, 5) is 6.14. The average Bonchev–Trinajstić information content (AvgIpc) is 3.03. The minimum atomic E-state index is 0.773. The first kappa shape index (κ1) is 13.2. The van der Waals surface area contributed by atoms with Gasteiger partial charge in [-0.25, -0.2) is 4.98 Å². The quantitative estimate of drug-likeness (QED) is 0.740. The lowest BCUT2D eigenvalue weighted by atomic mass is 10.2. The molecule has 104 valence electrons. The maximum absolute atomic E-state index is 5.86. The van der Waals surface area contributed by atoms with E-state index in [4.69, 9.17) is 10.7 Å². The number of aromatic nitrogens is 2. The average molecular weight is 285 g/mol. The molecule has 0 amide bonds. The summed E-state index contributed by atoms with van der Waals surface area (Å²) in [5, 5.41) is 2.18. The Bertz CT molecular complexity index is 739. The van der Waals surface area contributed by atoms with E-state index >= 15 is 0 Å². The Kier molecular flexibility index (Phi) is 3.49. The molecule has 0 fully saturated rings. The standard InChI is InChI=1S/C16H19N3S/c1-3-11-7-8-20-15(11)10-19-14-6-5-12(17)9-13(14)18-16(19)4-2/h5-9H,3-4,10,17H2,1-2H3. The van der Waals surface area contributed by atoms with Crippen molar-refractivity contribution in [1.29, 1.82) is 0 Å². The zero-order valence-corrected chi connectivity index (χ0v) is 12.7. The number of hydrogen-bond donors (Lipinski definition) is 1. The number of imidazole rings is 1. The van der Waals surface area contributed by atoms with Crippen LogP contribution in [0.15, 0.2) is 29.6 Å². The lowest BCUT2D eigenvalue weighted by Gasteiger charge is -2.08. The Morgan fingerprint density at radius 1 is 1.20 bits per heavy atom. The van der Waals surface area contributed by atoms with Crippen LogP contribution in [-0.2, 0) is 19.4 Å². The first-order valence-corrected chi connectivity index (χ1v) is 7.90. The van der Waals surface area contributed by atoms with Crippen molar-refractivity contribution in [1.82, 2.24) is 9.55 Å². The van der Waals surface area contributed by atoms with E-state index < -0.39 is 0 Å². The zero-order valence-electron chi connectivity index (χ0n) is 11.9. The number of nitrogen functional groups attached to an aromatic ring is 1. The molecule has 0 spiro atoms. The molecule has 0 aliphatic heterocycles. The van der Waals surface area contributed by atoms with Gasteiger partial charge in [0.15, 0.2) is 0 Å². The van der Waals surface area contributed by atoms with Crippen LogP contribution in [0.25, 0.3) is 11.0 Å². The number of benzene rings is 1. The number of anilines is 1. The van der Waals surface area contributed by atoms with Crippen molar-refractivity contribution in [3.05, 3.63) is 45.9 Å². The van der Waals surface area contributed by atoms with Crippen LogP contribution in [0.1, 0.15) is 30.1 Å². The van der Waals surface area contributed by atoms with E-state index in [1.165, 1.54) is 16.0 Å². The van der Waals surface area contributed by atoms with Crippen molar-refractivity contribution in [2.24, 2.45) is 0 Å². The van der Waals surface area contributed by atoms with E-state index in [1.807, 2.05) is 23.5 Å². The predicted molar refractivity (Wildman–Crippen MR) is 86.3 cm³/mol. The summed E-state index contributed by atoms with van der Waals surface area (Å²) in [6.45, 7) is 5.26. The van der Waals surface area contributed by atoms with Gasteiger partial charge in [-0.05, 0) is 41.6 Å². The molecule has 0 saturated heterocycles. The third-order valence-electron chi connectivity index (χ3n) is 3.69. The number of thiophene rings is 1. The number of nitrogens with two attached hydrogens (primary N) is 1. The molecular formula is C16H19N3S. The van der Waals surface area contributed by atoms with E-state index in [0.717, 1.165) is 36.4 Å². The van der Waals surface area contributed by atoms with Crippen LogP contribution in [0, 0.1) is 0 Å². The Morgan fingerprint density at radius 3 is 2.80 bits per heavy atom. The summed E-state index contributed by atoms with van der Waals surface area (Å²) >= 11 is 1.83. The predicted octanol–water partition coefficient (Wildman–Crippen LogP) is 3.85. The van der Waals surface area contributed by atoms with Gasteiger partial charge in [-0.3, -0.25) is 0 Å². The van der Waals surface area contributed by atoms with Crippen molar-refractivity contribution < 1.29 is 0 Å². The summed E-state index contributed by atoms with van der Waals surface area (Å²) in [6.07, 6.45) is 2.02. The van der Waals surface area contributed by atoms with Crippen LogP contribution in [0.5, 0.6) is 0 Å². The number of nitrogens with zero attached hydrogens (tertiary/aromatic N) is 2. The van der Waals surface area contributed by atoms with Crippen LogP contribution in [0.2, 0.25) is 0 Å². The second kappa shape index (κ2) is 5.29. The van der Waals surface area contributed by atoms with E-state index in [2.05, 4.69) is 35.9 Å². The Hall–Kier alpha value is -1.81. The fraction of sp³-hybridized carbons (Fsp3) is 0.312. The van der Waals surface area contributed by atoms with E-state index in [9.17, 15) is 0 Å². The number of hydrogen-bond acceptors (Lipinski definition) is 3. The maximum atomic E-state index is 5.86. The van der Waals surface area contributed by atoms with Crippen LogP contribution in [0.3, 0.4) is 0 Å². The van der Waals surface area contributed by atoms with Crippen LogP contribution in [-0.4, -0.2) is 9.55 Å². The molecule has 0 saturated carbocycles. The molecule has 3 rings (SSSR count). The molecule has 0 aliphatic carbocycles. The van der Waals surface area contributed by atoms with Crippen molar-refractivity contribution >= 4 is 28.1 Å². The van der Waals surface area contributed by atoms with E-state index in [0.29, 0.717) is 0 Å². The molecule has 4 heteroatoms. The van der Waals surface area contributed by atoms with Crippen molar-refractivity contribution in [2.45, 2.75) is 33.2 Å². The molecule has 0 atom stereocenters. The molecule has 3 aromatic rings. The van der Waals surface area contributed by atoms with E-state index in [1.54, 1.807) is 0 Å². The first-order chi connectivity index (χ1) is 9.72. The molecule has 2 N–H and O–H groups in total. The molecule has 2 heterocycles. The van der Waals surface area contributed by atoms with Gasteiger partial charge in [-0.2, -0.15) is 0 Å². The molecule has 1 aromatic carbocycles. The summed E-state index contributed by atoms with van der Waals surface area (Å²) in [7, 11) is 0. The smallest absolute Gasteiger partial charge is 0.109 e. The first-order valence-electron chi connectivity index (χ1n) is 7.02. The molecule has 3 nitrogen and oxygen atoms in total. The summed E-state index contributed by atoms with van der Waals surface area (Å²) in [5.41, 5.74) is 10.2. The van der Waals surface area contributed by atoms with Crippen LogP contribution in [0.4, 0.5) is 5.69 Å². The number of rotatable bonds is 4.